The Hall–Kier alpha value is -0.770. The number of carbonyl (C=O) groups excluding carboxylic acids is 1. The maximum Gasteiger partial charge on any atom is 0.412 e. The van der Waals surface area contributed by atoms with Gasteiger partial charge in [-0.15, -0.1) is 0 Å². The fraction of sp³-hybridized carbons (Fsp3) is 0.917. The standard InChI is InChI=1S/C12H21NO3/c1-8-5-9-7-13(10(6-8)15-9)11(14)16-12(2,3)4/h8-10H,5-7H2,1-4H3/t8-,9+,10-/m0/s1. The van der Waals surface area contributed by atoms with Crippen molar-refractivity contribution in [2.75, 3.05) is 6.54 Å². The van der Waals surface area contributed by atoms with Gasteiger partial charge in [0, 0.05) is 0 Å². The Morgan fingerprint density at radius 1 is 1.38 bits per heavy atom. The SMILES string of the molecule is C[C@H]1C[C@@H]2CN(C(=O)OC(C)(C)C)[C@H](C1)O2. The molecule has 3 atom stereocenters. The van der Waals surface area contributed by atoms with Crippen molar-refractivity contribution in [2.45, 2.75) is 58.5 Å². The van der Waals surface area contributed by atoms with E-state index in [0.29, 0.717) is 12.5 Å². The number of carbonyl (C=O) groups is 1. The summed E-state index contributed by atoms with van der Waals surface area (Å²) in [5.74, 6) is 0.635. The second kappa shape index (κ2) is 3.91. The van der Waals surface area contributed by atoms with E-state index in [4.69, 9.17) is 9.47 Å². The Morgan fingerprint density at radius 2 is 2.06 bits per heavy atom. The van der Waals surface area contributed by atoms with Crippen LogP contribution in [0.4, 0.5) is 4.79 Å². The lowest BCUT2D eigenvalue weighted by Gasteiger charge is -2.29. The lowest BCUT2D eigenvalue weighted by atomic mass is 9.99. The quantitative estimate of drug-likeness (QED) is 0.637. The van der Waals surface area contributed by atoms with E-state index in [-0.39, 0.29) is 18.4 Å². The molecule has 2 bridgehead atoms. The average molecular weight is 227 g/mol. The summed E-state index contributed by atoms with van der Waals surface area (Å²) in [6, 6.07) is 0. The van der Waals surface area contributed by atoms with Crippen molar-refractivity contribution in [1.29, 1.82) is 0 Å². The Labute approximate surface area is 96.9 Å². The van der Waals surface area contributed by atoms with Gasteiger partial charge < -0.3 is 9.47 Å². The molecule has 0 aromatic carbocycles. The molecule has 0 unspecified atom stereocenters. The fourth-order valence-electron chi connectivity index (χ4n) is 2.39. The van der Waals surface area contributed by atoms with Gasteiger partial charge in [-0.05, 0) is 39.5 Å². The number of nitrogens with zero attached hydrogens (tertiary/aromatic N) is 1. The third kappa shape index (κ3) is 2.48. The number of likely N-dealkylation sites (tertiary alicyclic amines) is 1. The summed E-state index contributed by atoms with van der Waals surface area (Å²) in [6.07, 6.45) is 1.88. The van der Waals surface area contributed by atoms with E-state index in [2.05, 4.69) is 6.92 Å². The predicted molar refractivity (Wildman–Crippen MR) is 60.0 cm³/mol. The van der Waals surface area contributed by atoms with Crippen LogP contribution >= 0.6 is 0 Å². The second-order valence-corrected chi connectivity index (χ2v) is 5.92. The molecule has 2 aliphatic heterocycles. The van der Waals surface area contributed by atoms with Crippen LogP contribution in [0, 0.1) is 5.92 Å². The van der Waals surface area contributed by atoms with E-state index in [9.17, 15) is 4.79 Å². The first-order valence-electron chi connectivity index (χ1n) is 6.00. The van der Waals surface area contributed by atoms with Crippen LogP contribution < -0.4 is 0 Å². The van der Waals surface area contributed by atoms with Crippen molar-refractivity contribution >= 4 is 6.09 Å². The first-order chi connectivity index (χ1) is 7.35. The van der Waals surface area contributed by atoms with E-state index < -0.39 is 5.60 Å². The maximum atomic E-state index is 11.9. The van der Waals surface area contributed by atoms with Gasteiger partial charge in [-0.2, -0.15) is 0 Å². The number of fused-ring (bicyclic) bond motifs is 2. The van der Waals surface area contributed by atoms with Gasteiger partial charge in [0.05, 0.1) is 12.6 Å². The van der Waals surface area contributed by atoms with Crippen LogP contribution in [0.15, 0.2) is 0 Å². The molecule has 4 nitrogen and oxygen atoms in total. The molecule has 0 spiro atoms. The molecule has 2 saturated heterocycles. The van der Waals surface area contributed by atoms with Crippen molar-refractivity contribution in [3.63, 3.8) is 0 Å². The van der Waals surface area contributed by atoms with Gasteiger partial charge in [-0.25, -0.2) is 4.79 Å². The minimum absolute atomic E-state index is 0.0661. The lowest BCUT2D eigenvalue weighted by molar-refractivity contribution is -0.0562. The fourth-order valence-corrected chi connectivity index (χ4v) is 2.39. The summed E-state index contributed by atoms with van der Waals surface area (Å²) in [4.78, 5) is 13.7. The molecule has 1 amide bonds. The largest absolute Gasteiger partial charge is 0.444 e. The summed E-state index contributed by atoms with van der Waals surface area (Å²) in [6.45, 7) is 8.55. The highest BCUT2D eigenvalue weighted by Gasteiger charge is 2.42. The molecule has 0 aromatic heterocycles. The van der Waals surface area contributed by atoms with E-state index in [0.717, 1.165) is 12.8 Å². The molecule has 0 aromatic rings. The Balaban J connectivity index is 1.98. The highest BCUT2D eigenvalue weighted by atomic mass is 16.6. The normalized spacial score (nSPS) is 34.0. The molecule has 16 heavy (non-hydrogen) atoms. The highest BCUT2D eigenvalue weighted by Crippen LogP contribution is 2.33. The van der Waals surface area contributed by atoms with E-state index >= 15 is 0 Å². The van der Waals surface area contributed by atoms with Gasteiger partial charge in [-0.1, -0.05) is 6.92 Å². The Kier molecular flexibility index (Phi) is 2.86. The Morgan fingerprint density at radius 3 is 2.69 bits per heavy atom. The third-order valence-corrected chi connectivity index (χ3v) is 2.99. The molecule has 2 aliphatic rings. The predicted octanol–water partition coefficient (Wildman–Crippen LogP) is 2.38. The number of hydrogen-bond acceptors (Lipinski definition) is 3. The third-order valence-electron chi connectivity index (χ3n) is 2.99. The first kappa shape index (κ1) is 11.7. The molecular weight excluding hydrogens is 206 g/mol. The van der Waals surface area contributed by atoms with Gasteiger partial charge in [0.1, 0.15) is 11.8 Å². The van der Waals surface area contributed by atoms with Gasteiger partial charge in [0.2, 0.25) is 0 Å². The van der Waals surface area contributed by atoms with Crippen LogP contribution in [-0.4, -0.2) is 35.5 Å². The van der Waals surface area contributed by atoms with E-state index in [1.165, 1.54) is 0 Å². The molecule has 2 rings (SSSR count). The average Bonchev–Trinajstić information content (AvgIpc) is 2.38. The minimum Gasteiger partial charge on any atom is -0.444 e. The van der Waals surface area contributed by atoms with Crippen molar-refractivity contribution in [2.24, 2.45) is 5.92 Å². The molecule has 0 saturated carbocycles. The van der Waals surface area contributed by atoms with E-state index in [1.54, 1.807) is 4.90 Å². The molecular formula is C12H21NO3. The lowest BCUT2D eigenvalue weighted by Crippen LogP contribution is -2.40. The zero-order valence-electron chi connectivity index (χ0n) is 10.5. The van der Waals surface area contributed by atoms with Crippen molar-refractivity contribution in [3.05, 3.63) is 0 Å². The number of amides is 1. The van der Waals surface area contributed by atoms with Crippen molar-refractivity contribution in [1.82, 2.24) is 4.90 Å². The topological polar surface area (TPSA) is 38.8 Å². The minimum atomic E-state index is -0.431. The van der Waals surface area contributed by atoms with Gasteiger partial charge in [-0.3, -0.25) is 4.90 Å². The van der Waals surface area contributed by atoms with Crippen LogP contribution in [0.5, 0.6) is 0 Å². The number of ether oxygens (including phenoxy) is 2. The summed E-state index contributed by atoms with van der Waals surface area (Å²) in [7, 11) is 0. The zero-order valence-corrected chi connectivity index (χ0v) is 10.5. The van der Waals surface area contributed by atoms with Gasteiger partial charge in [0.15, 0.2) is 0 Å². The van der Waals surface area contributed by atoms with Crippen LogP contribution in [-0.2, 0) is 9.47 Å². The van der Waals surface area contributed by atoms with Crippen molar-refractivity contribution < 1.29 is 14.3 Å². The first-order valence-corrected chi connectivity index (χ1v) is 6.00. The molecule has 2 fully saturated rings. The highest BCUT2D eigenvalue weighted by molar-refractivity contribution is 5.68. The van der Waals surface area contributed by atoms with Crippen LogP contribution in [0.25, 0.3) is 0 Å². The van der Waals surface area contributed by atoms with Crippen LogP contribution in [0.3, 0.4) is 0 Å². The number of hydrogen-bond donors (Lipinski definition) is 0. The summed E-state index contributed by atoms with van der Waals surface area (Å²) >= 11 is 0. The molecule has 4 heteroatoms. The summed E-state index contributed by atoms with van der Waals surface area (Å²) in [5.41, 5.74) is -0.431. The van der Waals surface area contributed by atoms with Gasteiger partial charge >= 0.3 is 6.09 Å². The summed E-state index contributed by atoms with van der Waals surface area (Å²) < 4.78 is 11.1. The molecule has 0 N–H and O–H groups in total. The Bertz CT molecular complexity index is 284. The van der Waals surface area contributed by atoms with Crippen molar-refractivity contribution in [3.8, 4) is 0 Å². The molecule has 92 valence electrons. The van der Waals surface area contributed by atoms with Gasteiger partial charge in [0.25, 0.3) is 0 Å². The van der Waals surface area contributed by atoms with Crippen LogP contribution in [0.1, 0.15) is 40.5 Å². The molecule has 2 heterocycles. The number of rotatable bonds is 0. The smallest absolute Gasteiger partial charge is 0.412 e. The molecule has 0 aliphatic carbocycles. The molecule has 0 radical (unpaired) electrons. The zero-order chi connectivity index (χ0) is 11.9. The summed E-state index contributed by atoms with van der Waals surface area (Å²) in [5, 5.41) is 0. The second-order valence-electron chi connectivity index (χ2n) is 5.92. The van der Waals surface area contributed by atoms with Crippen LogP contribution in [0.2, 0.25) is 0 Å². The maximum absolute atomic E-state index is 11.9. The monoisotopic (exact) mass is 227 g/mol. The van der Waals surface area contributed by atoms with E-state index in [1.807, 2.05) is 20.8 Å².